The molecule has 0 aliphatic carbocycles. The Morgan fingerprint density at radius 2 is 2.00 bits per heavy atom. The number of rotatable bonds is 6. The molecule has 22 heavy (non-hydrogen) atoms. The molecule has 1 N–H and O–H groups in total. The van der Waals surface area contributed by atoms with Gasteiger partial charge in [0.25, 0.3) is 0 Å². The lowest BCUT2D eigenvalue weighted by molar-refractivity contribution is -0.118. The van der Waals surface area contributed by atoms with Crippen molar-refractivity contribution in [2.24, 2.45) is 5.10 Å². The molecular weight excluding hydrogens is 411 g/mol. The van der Waals surface area contributed by atoms with Gasteiger partial charge in [0, 0.05) is 14.0 Å². The van der Waals surface area contributed by atoms with Gasteiger partial charge in [-0.25, -0.2) is 5.43 Å². The highest BCUT2D eigenvalue weighted by Gasteiger charge is 2.02. The number of nitrogens with zero attached hydrogens (tertiary/aromatic N) is 1. The van der Waals surface area contributed by atoms with E-state index in [1.165, 1.54) is 11.8 Å². The number of hydrazone groups is 1. The second-order valence-electron chi connectivity index (χ2n) is 4.28. The first-order valence-electron chi connectivity index (χ1n) is 6.52. The van der Waals surface area contributed by atoms with E-state index in [2.05, 4.69) is 33.1 Å². The topological polar surface area (TPSA) is 50.7 Å². The Bertz CT molecular complexity index is 659. The van der Waals surface area contributed by atoms with Crippen LogP contribution in [0.5, 0.6) is 5.75 Å². The zero-order valence-corrected chi connectivity index (χ0v) is 14.9. The smallest absolute Gasteiger partial charge is 0.250 e. The van der Waals surface area contributed by atoms with Crippen LogP contribution in [0, 0.1) is 3.57 Å². The minimum atomic E-state index is -0.136. The molecule has 0 spiro atoms. The molecule has 0 heterocycles. The van der Waals surface area contributed by atoms with Crippen LogP contribution in [0.25, 0.3) is 0 Å². The van der Waals surface area contributed by atoms with Crippen LogP contribution in [0.2, 0.25) is 0 Å². The fraction of sp³-hybridized carbons (Fsp3) is 0.125. The molecule has 114 valence electrons. The summed E-state index contributed by atoms with van der Waals surface area (Å²) < 4.78 is 6.18. The summed E-state index contributed by atoms with van der Waals surface area (Å²) in [6, 6.07) is 15.4. The normalized spacial score (nSPS) is 10.6. The van der Waals surface area contributed by atoms with Crippen molar-refractivity contribution >= 4 is 46.5 Å². The number of methoxy groups -OCH3 is 1. The molecule has 2 aromatic rings. The van der Waals surface area contributed by atoms with Gasteiger partial charge in [-0.15, -0.1) is 11.8 Å². The van der Waals surface area contributed by atoms with Crippen molar-refractivity contribution in [3.8, 4) is 5.75 Å². The summed E-state index contributed by atoms with van der Waals surface area (Å²) in [6.07, 6.45) is 1.65. The van der Waals surface area contributed by atoms with Gasteiger partial charge in [0.2, 0.25) is 5.91 Å². The van der Waals surface area contributed by atoms with Crippen LogP contribution in [0.4, 0.5) is 0 Å². The molecular formula is C16H15IN2O2S. The molecule has 1 amide bonds. The van der Waals surface area contributed by atoms with Crippen molar-refractivity contribution in [1.82, 2.24) is 5.43 Å². The third kappa shape index (κ3) is 5.34. The molecule has 0 atom stereocenters. The van der Waals surface area contributed by atoms with Crippen LogP contribution in [0.15, 0.2) is 58.5 Å². The first-order valence-corrected chi connectivity index (χ1v) is 8.59. The van der Waals surface area contributed by atoms with Gasteiger partial charge >= 0.3 is 0 Å². The lowest BCUT2D eigenvalue weighted by Gasteiger charge is -2.03. The number of ether oxygens (including phenoxy) is 1. The monoisotopic (exact) mass is 426 g/mol. The van der Waals surface area contributed by atoms with Crippen LogP contribution in [-0.2, 0) is 4.79 Å². The Balaban J connectivity index is 1.79. The first-order chi connectivity index (χ1) is 10.7. The SMILES string of the molecule is COc1ccc(SCC(=O)N/N=C/c2ccccc2I)cc1. The quantitative estimate of drug-likeness (QED) is 0.333. The number of nitrogens with one attached hydrogen (secondary N) is 1. The van der Waals surface area contributed by atoms with Crippen molar-refractivity contribution < 1.29 is 9.53 Å². The second kappa shape index (κ2) is 8.79. The molecule has 0 unspecified atom stereocenters. The van der Waals surface area contributed by atoms with E-state index < -0.39 is 0 Å². The van der Waals surface area contributed by atoms with Crippen molar-refractivity contribution in [1.29, 1.82) is 0 Å². The molecule has 0 aromatic heterocycles. The maximum Gasteiger partial charge on any atom is 0.250 e. The zero-order valence-electron chi connectivity index (χ0n) is 12.0. The Hall–Kier alpha value is -1.54. The molecule has 2 rings (SSSR count). The average Bonchev–Trinajstić information content (AvgIpc) is 2.55. The summed E-state index contributed by atoms with van der Waals surface area (Å²) in [6.45, 7) is 0. The van der Waals surface area contributed by atoms with Gasteiger partial charge in [0.05, 0.1) is 19.1 Å². The molecule has 0 saturated heterocycles. The molecule has 0 aliphatic heterocycles. The third-order valence-corrected chi connectivity index (χ3v) is 4.72. The molecule has 0 saturated carbocycles. The summed E-state index contributed by atoms with van der Waals surface area (Å²) in [5.74, 6) is 0.981. The minimum absolute atomic E-state index is 0.136. The van der Waals surface area contributed by atoms with E-state index in [4.69, 9.17) is 4.74 Å². The third-order valence-electron chi connectivity index (χ3n) is 2.73. The van der Waals surface area contributed by atoms with Crippen LogP contribution >= 0.6 is 34.4 Å². The highest BCUT2D eigenvalue weighted by Crippen LogP contribution is 2.20. The highest BCUT2D eigenvalue weighted by molar-refractivity contribution is 14.1. The fourth-order valence-electron chi connectivity index (χ4n) is 1.61. The summed E-state index contributed by atoms with van der Waals surface area (Å²) in [4.78, 5) is 12.8. The van der Waals surface area contributed by atoms with E-state index in [-0.39, 0.29) is 5.91 Å². The zero-order chi connectivity index (χ0) is 15.8. The standard InChI is InChI=1S/C16H15IN2O2S/c1-21-13-6-8-14(9-7-13)22-11-16(20)19-18-10-12-4-2-3-5-15(12)17/h2-10H,11H2,1H3,(H,19,20)/b18-10+. The van der Waals surface area contributed by atoms with E-state index in [1.807, 2.05) is 48.5 Å². The number of thioether (sulfide) groups is 1. The highest BCUT2D eigenvalue weighted by atomic mass is 127. The summed E-state index contributed by atoms with van der Waals surface area (Å²) in [5.41, 5.74) is 3.51. The van der Waals surface area contributed by atoms with Crippen LogP contribution in [0.3, 0.4) is 0 Å². The molecule has 0 radical (unpaired) electrons. The Morgan fingerprint density at radius 3 is 2.68 bits per heavy atom. The minimum Gasteiger partial charge on any atom is -0.497 e. The Morgan fingerprint density at radius 1 is 1.27 bits per heavy atom. The largest absolute Gasteiger partial charge is 0.497 e. The predicted molar refractivity (Wildman–Crippen MR) is 98.6 cm³/mol. The van der Waals surface area contributed by atoms with Crippen LogP contribution < -0.4 is 10.2 Å². The number of carbonyl (C=O) groups excluding carboxylic acids is 1. The number of hydrogen-bond acceptors (Lipinski definition) is 4. The van der Waals surface area contributed by atoms with Crippen molar-refractivity contribution in [2.75, 3.05) is 12.9 Å². The molecule has 0 bridgehead atoms. The van der Waals surface area contributed by atoms with E-state index in [9.17, 15) is 4.79 Å². The van der Waals surface area contributed by atoms with Crippen molar-refractivity contribution in [2.45, 2.75) is 4.90 Å². The number of carbonyl (C=O) groups is 1. The maximum absolute atomic E-state index is 11.7. The number of amides is 1. The Labute approximate surface area is 147 Å². The maximum atomic E-state index is 11.7. The second-order valence-corrected chi connectivity index (χ2v) is 6.49. The predicted octanol–water partition coefficient (Wildman–Crippen LogP) is 3.54. The molecule has 4 nitrogen and oxygen atoms in total. The molecule has 2 aromatic carbocycles. The van der Waals surface area contributed by atoms with E-state index >= 15 is 0 Å². The summed E-state index contributed by atoms with van der Waals surface area (Å²) in [5, 5.41) is 3.98. The van der Waals surface area contributed by atoms with Crippen molar-refractivity contribution in [3.63, 3.8) is 0 Å². The van der Waals surface area contributed by atoms with Crippen molar-refractivity contribution in [3.05, 3.63) is 57.7 Å². The molecule has 6 heteroatoms. The van der Waals surface area contributed by atoms with Gasteiger partial charge in [-0.2, -0.15) is 5.10 Å². The average molecular weight is 426 g/mol. The van der Waals surface area contributed by atoms with Gasteiger partial charge < -0.3 is 4.74 Å². The van der Waals surface area contributed by atoms with E-state index in [1.54, 1.807) is 13.3 Å². The fourth-order valence-corrected chi connectivity index (χ4v) is 2.82. The summed E-state index contributed by atoms with van der Waals surface area (Å²) >= 11 is 3.68. The lowest BCUT2D eigenvalue weighted by atomic mass is 10.2. The van der Waals surface area contributed by atoms with Crippen LogP contribution in [-0.4, -0.2) is 25.0 Å². The van der Waals surface area contributed by atoms with E-state index in [0.717, 1.165) is 19.8 Å². The number of benzene rings is 2. The van der Waals surface area contributed by atoms with Gasteiger partial charge in [0.1, 0.15) is 5.75 Å². The molecule has 0 aliphatic rings. The van der Waals surface area contributed by atoms with Gasteiger partial charge in [-0.3, -0.25) is 4.79 Å². The summed E-state index contributed by atoms with van der Waals surface area (Å²) in [7, 11) is 1.63. The Kier molecular flexibility index (Phi) is 6.73. The molecule has 0 fully saturated rings. The van der Waals surface area contributed by atoms with Gasteiger partial charge in [-0.1, -0.05) is 18.2 Å². The first kappa shape index (κ1) is 16.8. The van der Waals surface area contributed by atoms with Crippen LogP contribution in [0.1, 0.15) is 5.56 Å². The number of hydrogen-bond donors (Lipinski definition) is 1. The number of halogens is 1. The van der Waals surface area contributed by atoms with Gasteiger partial charge in [-0.05, 0) is 52.9 Å². The van der Waals surface area contributed by atoms with E-state index in [0.29, 0.717) is 5.75 Å². The lowest BCUT2D eigenvalue weighted by Crippen LogP contribution is -2.19. The van der Waals surface area contributed by atoms with Gasteiger partial charge in [0.15, 0.2) is 0 Å².